The molecular weight excluding hydrogens is 266 g/mol. The van der Waals surface area contributed by atoms with Gasteiger partial charge in [0.05, 0.1) is 0 Å². The predicted octanol–water partition coefficient (Wildman–Crippen LogP) is 2.92. The molecule has 0 N–H and O–H groups in total. The molecule has 2 bridgehead atoms. The molecule has 3 aliphatic heterocycles. The topological polar surface area (TPSA) is 12.5 Å². The Bertz CT molecular complexity index is 357. The van der Waals surface area contributed by atoms with E-state index in [1.807, 2.05) is 24.3 Å². The first-order chi connectivity index (χ1) is 7.81. The highest BCUT2D eigenvalue weighted by Gasteiger charge is 2.35. The highest BCUT2D eigenvalue weighted by molar-refractivity contribution is 9.10. The van der Waals surface area contributed by atoms with Gasteiger partial charge >= 0.3 is 0 Å². The van der Waals surface area contributed by atoms with Gasteiger partial charge < -0.3 is 4.74 Å². The minimum absolute atomic E-state index is 0.406. The van der Waals surface area contributed by atoms with Crippen molar-refractivity contribution in [2.75, 3.05) is 19.6 Å². The Kier molecular flexibility index (Phi) is 2.90. The van der Waals surface area contributed by atoms with Gasteiger partial charge in [0.2, 0.25) is 0 Å². The van der Waals surface area contributed by atoms with Gasteiger partial charge in [0.1, 0.15) is 11.9 Å². The number of rotatable bonds is 2. The van der Waals surface area contributed by atoms with E-state index in [0.717, 1.165) is 22.7 Å². The van der Waals surface area contributed by atoms with Gasteiger partial charge in [0, 0.05) is 11.0 Å². The number of fused-ring (bicyclic) bond motifs is 3. The van der Waals surface area contributed by atoms with Gasteiger partial charge in [-0.2, -0.15) is 0 Å². The lowest BCUT2D eigenvalue weighted by Crippen LogP contribution is -2.52. The number of halogens is 1. The number of benzene rings is 1. The molecule has 0 aliphatic carbocycles. The van der Waals surface area contributed by atoms with Crippen molar-refractivity contribution in [3.05, 3.63) is 28.7 Å². The minimum Gasteiger partial charge on any atom is -0.489 e. The molecule has 3 fully saturated rings. The van der Waals surface area contributed by atoms with Gasteiger partial charge in [-0.3, -0.25) is 4.90 Å². The molecule has 3 heteroatoms. The maximum Gasteiger partial charge on any atom is 0.119 e. The third-order valence-electron chi connectivity index (χ3n) is 3.70. The van der Waals surface area contributed by atoms with E-state index >= 15 is 0 Å². The number of ether oxygens (including phenoxy) is 1. The van der Waals surface area contributed by atoms with Crippen molar-refractivity contribution >= 4 is 15.9 Å². The SMILES string of the molecule is Brc1ccc(OC2CN3CCC2CC3)cc1. The second-order valence-electron chi connectivity index (χ2n) is 4.75. The Morgan fingerprint density at radius 1 is 1.12 bits per heavy atom. The van der Waals surface area contributed by atoms with Gasteiger partial charge in [-0.1, -0.05) is 15.9 Å². The normalized spacial score (nSPS) is 32.7. The maximum atomic E-state index is 6.08. The lowest BCUT2D eigenvalue weighted by molar-refractivity contribution is -0.00776. The van der Waals surface area contributed by atoms with Crippen molar-refractivity contribution in [3.63, 3.8) is 0 Å². The predicted molar refractivity (Wildman–Crippen MR) is 67.7 cm³/mol. The molecule has 1 aromatic rings. The van der Waals surface area contributed by atoms with E-state index in [-0.39, 0.29) is 0 Å². The highest BCUT2D eigenvalue weighted by atomic mass is 79.9. The summed E-state index contributed by atoms with van der Waals surface area (Å²) in [6.07, 6.45) is 3.02. The van der Waals surface area contributed by atoms with E-state index in [1.165, 1.54) is 25.9 Å². The van der Waals surface area contributed by atoms with Crippen LogP contribution in [0.4, 0.5) is 0 Å². The Morgan fingerprint density at radius 3 is 2.38 bits per heavy atom. The molecule has 3 saturated heterocycles. The smallest absolute Gasteiger partial charge is 0.119 e. The first-order valence-electron chi connectivity index (χ1n) is 5.96. The standard InChI is InChI=1S/C13H16BrNO/c14-11-1-3-12(4-2-11)16-13-9-15-7-5-10(13)6-8-15/h1-4,10,13H,5-9H2. The van der Waals surface area contributed by atoms with Crippen molar-refractivity contribution in [2.24, 2.45) is 5.92 Å². The molecule has 0 saturated carbocycles. The van der Waals surface area contributed by atoms with Gasteiger partial charge in [-0.05, 0) is 56.1 Å². The molecular formula is C13H16BrNO. The quantitative estimate of drug-likeness (QED) is 0.827. The van der Waals surface area contributed by atoms with Crippen LogP contribution in [0.5, 0.6) is 5.75 Å². The van der Waals surface area contributed by atoms with Gasteiger partial charge in [-0.15, -0.1) is 0 Å². The molecule has 0 spiro atoms. The molecule has 0 radical (unpaired) electrons. The molecule has 3 heterocycles. The second-order valence-corrected chi connectivity index (χ2v) is 5.66. The molecule has 3 aliphatic rings. The third-order valence-corrected chi connectivity index (χ3v) is 4.23. The van der Waals surface area contributed by atoms with Crippen LogP contribution in [0.1, 0.15) is 12.8 Å². The third kappa shape index (κ3) is 2.11. The minimum atomic E-state index is 0.406. The monoisotopic (exact) mass is 281 g/mol. The van der Waals surface area contributed by atoms with Gasteiger partial charge in [-0.25, -0.2) is 0 Å². The van der Waals surface area contributed by atoms with Crippen molar-refractivity contribution in [2.45, 2.75) is 18.9 Å². The lowest BCUT2D eigenvalue weighted by atomic mass is 9.86. The summed E-state index contributed by atoms with van der Waals surface area (Å²) in [7, 11) is 0. The summed E-state index contributed by atoms with van der Waals surface area (Å²) in [5.41, 5.74) is 0. The van der Waals surface area contributed by atoms with Crippen molar-refractivity contribution in [1.82, 2.24) is 4.90 Å². The molecule has 4 rings (SSSR count). The number of piperidine rings is 3. The molecule has 1 unspecified atom stereocenters. The summed E-state index contributed by atoms with van der Waals surface area (Å²) in [5.74, 6) is 1.77. The van der Waals surface area contributed by atoms with Crippen LogP contribution >= 0.6 is 15.9 Å². The average Bonchev–Trinajstić information content (AvgIpc) is 2.34. The van der Waals surface area contributed by atoms with Gasteiger partial charge in [0.15, 0.2) is 0 Å². The van der Waals surface area contributed by atoms with E-state index in [9.17, 15) is 0 Å². The Balaban J connectivity index is 1.68. The van der Waals surface area contributed by atoms with Crippen LogP contribution in [0.15, 0.2) is 28.7 Å². The molecule has 16 heavy (non-hydrogen) atoms. The van der Waals surface area contributed by atoms with Crippen LogP contribution in [0, 0.1) is 5.92 Å². The molecule has 0 amide bonds. The zero-order chi connectivity index (χ0) is 11.0. The van der Waals surface area contributed by atoms with Crippen LogP contribution in [0.25, 0.3) is 0 Å². The Labute approximate surface area is 105 Å². The molecule has 2 nitrogen and oxygen atoms in total. The van der Waals surface area contributed by atoms with Crippen LogP contribution in [0.3, 0.4) is 0 Å². The summed E-state index contributed by atoms with van der Waals surface area (Å²) >= 11 is 3.44. The summed E-state index contributed by atoms with van der Waals surface area (Å²) < 4.78 is 7.19. The van der Waals surface area contributed by atoms with Crippen LogP contribution in [-0.2, 0) is 0 Å². The first-order valence-corrected chi connectivity index (χ1v) is 6.75. The summed E-state index contributed by atoms with van der Waals surface area (Å²) in [4.78, 5) is 2.52. The average molecular weight is 282 g/mol. The van der Waals surface area contributed by atoms with Crippen molar-refractivity contribution in [1.29, 1.82) is 0 Å². The molecule has 1 atom stereocenters. The van der Waals surface area contributed by atoms with Crippen LogP contribution in [0.2, 0.25) is 0 Å². The van der Waals surface area contributed by atoms with E-state index in [4.69, 9.17) is 4.74 Å². The number of hydrogen-bond donors (Lipinski definition) is 0. The molecule has 0 aromatic heterocycles. The second kappa shape index (κ2) is 4.38. The van der Waals surface area contributed by atoms with Crippen molar-refractivity contribution < 1.29 is 4.74 Å². The first kappa shape index (κ1) is 10.6. The van der Waals surface area contributed by atoms with E-state index in [0.29, 0.717) is 6.10 Å². The fraction of sp³-hybridized carbons (Fsp3) is 0.538. The molecule has 1 aromatic carbocycles. The van der Waals surface area contributed by atoms with Crippen LogP contribution < -0.4 is 4.74 Å². The number of nitrogens with zero attached hydrogens (tertiary/aromatic N) is 1. The summed E-state index contributed by atoms with van der Waals surface area (Å²) in [5, 5.41) is 0. The van der Waals surface area contributed by atoms with E-state index < -0.39 is 0 Å². The largest absolute Gasteiger partial charge is 0.489 e. The zero-order valence-electron chi connectivity index (χ0n) is 9.23. The maximum absolute atomic E-state index is 6.08. The zero-order valence-corrected chi connectivity index (χ0v) is 10.8. The lowest BCUT2D eigenvalue weighted by Gasteiger charge is -2.44. The van der Waals surface area contributed by atoms with Crippen molar-refractivity contribution in [3.8, 4) is 5.75 Å². The fourth-order valence-corrected chi connectivity index (χ4v) is 3.00. The fourth-order valence-electron chi connectivity index (χ4n) is 2.73. The van der Waals surface area contributed by atoms with Crippen LogP contribution in [-0.4, -0.2) is 30.6 Å². The van der Waals surface area contributed by atoms with E-state index in [2.05, 4.69) is 20.8 Å². The summed E-state index contributed by atoms with van der Waals surface area (Å²) in [6.45, 7) is 3.65. The van der Waals surface area contributed by atoms with E-state index in [1.54, 1.807) is 0 Å². The number of hydrogen-bond acceptors (Lipinski definition) is 2. The molecule has 86 valence electrons. The Morgan fingerprint density at radius 2 is 1.81 bits per heavy atom. The van der Waals surface area contributed by atoms with Gasteiger partial charge in [0.25, 0.3) is 0 Å². The Hall–Kier alpha value is -0.540. The summed E-state index contributed by atoms with van der Waals surface area (Å²) in [6, 6.07) is 8.16. The highest BCUT2D eigenvalue weighted by Crippen LogP contribution is 2.30.